The number of nitrogens with zero attached hydrogens (tertiary/aromatic N) is 2. The van der Waals surface area contributed by atoms with Crippen LogP contribution in [0.25, 0.3) is 11.1 Å². The van der Waals surface area contributed by atoms with Gasteiger partial charge in [0.15, 0.2) is 5.78 Å². The van der Waals surface area contributed by atoms with E-state index in [9.17, 15) is 18.8 Å². The summed E-state index contributed by atoms with van der Waals surface area (Å²) in [6.07, 6.45) is 0. The van der Waals surface area contributed by atoms with Gasteiger partial charge in [-0.25, -0.2) is 4.39 Å². The van der Waals surface area contributed by atoms with Gasteiger partial charge in [-0.3, -0.25) is 14.4 Å². The molecule has 0 unspecified atom stereocenters. The average Bonchev–Trinajstić information content (AvgIpc) is 3.10. The number of carbonyl (C=O) groups excluding carboxylic acids is 3. The summed E-state index contributed by atoms with van der Waals surface area (Å²) in [4.78, 5) is 41.8. The Morgan fingerprint density at radius 2 is 1.38 bits per heavy atom. The summed E-state index contributed by atoms with van der Waals surface area (Å²) in [5.74, 6) is -1.04. The number of fused-ring (bicyclic) bond motifs is 3. The molecule has 0 saturated carbocycles. The zero-order valence-electron chi connectivity index (χ0n) is 17.0. The molecule has 0 spiro atoms. The summed E-state index contributed by atoms with van der Waals surface area (Å²) in [5.41, 5.74) is 3.61. The number of hydrogen-bond acceptors (Lipinski definition) is 3. The lowest BCUT2D eigenvalue weighted by Crippen LogP contribution is -2.50. The molecule has 2 aliphatic rings. The first kappa shape index (κ1) is 20.4. The first-order valence-electron chi connectivity index (χ1n) is 10.3. The Balaban J connectivity index is 1.29. The van der Waals surface area contributed by atoms with E-state index in [1.165, 1.54) is 12.1 Å². The van der Waals surface area contributed by atoms with Crippen LogP contribution in [0.5, 0.6) is 0 Å². The van der Waals surface area contributed by atoms with E-state index < -0.39 is 5.82 Å². The van der Waals surface area contributed by atoms with Crippen molar-refractivity contribution in [3.63, 3.8) is 0 Å². The maximum atomic E-state index is 13.3. The van der Waals surface area contributed by atoms with Gasteiger partial charge < -0.3 is 9.80 Å². The predicted molar refractivity (Wildman–Crippen MR) is 119 cm³/mol. The van der Waals surface area contributed by atoms with Crippen molar-refractivity contribution in [3.05, 3.63) is 93.8 Å². The van der Waals surface area contributed by atoms with Gasteiger partial charge in [-0.2, -0.15) is 0 Å². The summed E-state index contributed by atoms with van der Waals surface area (Å²) in [5, 5.41) is 0.0670. The molecule has 1 aliphatic heterocycles. The molecule has 0 atom stereocenters. The van der Waals surface area contributed by atoms with E-state index in [0.717, 1.165) is 17.2 Å². The average molecular weight is 449 g/mol. The second-order valence-electron chi connectivity index (χ2n) is 7.84. The first-order valence-corrected chi connectivity index (χ1v) is 10.6. The molecule has 0 bridgehead atoms. The SMILES string of the molecule is O=C1c2ccccc2-c2ccc(C(=O)N3CCN(C(=O)c4ccc(F)cc4Cl)CC3)cc21. The second kappa shape index (κ2) is 7.88. The molecule has 0 N–H and O–H groups in total. The van der Waals surface area contributed by atoms with Crippen molar-refractivity contribution in [1.82, 2.24) is 9.80 Å². The highest BCUT2D eigenvalue weighted by molar-refractivity contribution is 6.33. The van der Waals surface area contributed by atoms with Gasteiger partial charge in [-0.1, -0.05) is 41.9 Å². The van der Waals surface area contributed by atoms with Gasteiger partial charge in [0.05, 0.1) is 10.6 Å². The molecule has 1 heterocycles. The quantitative estimate of drug-likeness (QED) is 0.459. The molecule has 5 rings (SSSR count). The molecule has 1 saturated heterocycles. The van der Waals surface area contributed by atoms with Gasteiger partial charge in [0.1, 0.15) is 5.82 Å². The molecule has 160 valence electrons. The molecule has 0 radical (unpaired) electrons. The highest BCUT2D eigenvalue weighted by Gasteiger charge is 2.30. The lowest BCUT2D eigenvalue weighted by Gasteiger charge is -2.35. The molecule has 32 heavy (non-hydrogen) atoms. The Bertz CT molecular complexity index is 1280. The van der Waals surface area contributed by atoms with Gasteiger partial charge in [-0.05, 0) is 41.5 Å². The number of halogens is 2. The van der Waals surface area contributed by atoms with E-state index >= 15 is 0 Å². The second-order valence-corrected chi connectivity index (χ2v) is 8.25. The fraction of sp³-hybridized carbons (Fsp3) is 0.160. The Hall–Kier alpha value is -3.51. The number of piperazine rings is 1. The van der Waals surface area contributed by atoms with E-state index in [2.05, 4.69) is 0 Å². The van der Waals surface area contributed by atoms with Crippen molar-refractivity contribution in [2.45, 2.75) is 0 Å². The molecule has 1 fully saturated rings. The molecule has 5 nitrogen and oxygen atoms in total. The minimum Gasteiger partial charge on any atom is -0.335 e. The van der Waals surface area contributed by atoms with E-state index in [-0.39, 0.29) is 28.2 Å². The van der Waals surface area contributed by atoms with Crippen LogP contribution in [0.1, 0.15) is 36.6 Å². The van der Waals surface area contributed by atoms with E-state index in [1.54, 1.807) is 28.0 Å². The number of carbonyl (C=O) groups is 3. The lowest BCUT2D eigenvalue weighted by molar-refractivity contribution is 0.0535. The monoisotopic (exact) mass is 448 g/mol. The molecule has 3 aromatic rings. The standard InChI is InChI=1S/C25H18ClFN2O3/c26-22-14-16(27)6-8-20(22)25(32)29-11-9-28(10-12-29)24(31)15-5-7-18-17-3-1-2-4-19(17)23(30)21(18)13-15/h1-8,13-14H,9-12H2. The van der Waals surface area contributed by atoms with Crippen molar-refractivity contribution in [2.24, 2.45) is 0 Å². The predicted octanol–water partition coefficient (Wildman–Crippen LogP) is 4.29. The van der Waals surface area contributed by atoms with Crippen LogP contribution in [0.3, 0.4) is 0 Å². The number of hydrogen-bond donors (Lipinski definition) is 0. The summed E-state index contributed by atoms with van der Waals surface area (Å²) < 4.78 is 13.3. The van der Waals surface area contributed by atoms with Crippen LogP contribution in [0.15, 0.2) is 60.7 Å². The van der Waals surface area contributed by atoms with Gasteiger partial charge in [-0.15, -0.1) is 0 Å². The summed E-state index contributed by atoms with van der Waals surface area (Å²) in [6, 6.07) is 16.3. The topological polar surface area (TPSA) is 57.7 Å². The van der Waals surface area contributed by atoms with Crippen molar-refractivity contribution in [1.29, 1.82) is 0 Å². The van der Waals surface area contributed by atoms with Crippen LogP contribution in [-0.2, 0) is 0 Å². The molecular formula is C25H18ClFN2O3. The summed E-state index contributed by atoms with van der Waals surface area (Å²) in [6.45, 7) is 1.39. The smallest absolute Gasteiger partial charge is 0.255 e. The van der Waals surface area contributed by atoms with Gasteiger partial charge in [0, 0.05) is 42.9 Å². The minimum absolute atomic E-state index is 0.0670. The Labute approximate surface area is 189 Å². The number of rotatable bonds is 2. The van der Waals surface area contributed by atoms with Crippen LogP contribution in [0.2, 0.25) is 5.02 Å². The first-order chi connectivity index (χ1) is 15.4. The zero-order chi connectivity index (χ0) is 22.4. The fourth-order valence-corrected chi connectivity index (χ4v) is 4.54. The number of amides is 2. The van der Waals surface area contributed by atoms with Crippen LogP contribution < -0.4 is 0 Å². The Morgan fingerprint density at radius 3 is 2.06 bits per heavy atom. The third-order valence-electron chi connectivity index (χ3n) is 5.99. The third kappa shape index (κ3) is 3.37. The van der Waals surface area contributed by atoms with Crippen LogP contribution in [0.4, 0.5) is 4.39 Å². The number of benzene rings is 3. The van der Waals surface area contributed by atoms with Gasteiger partial charge in [0.25, 0.3) is 11.8 Å². The zero-order valence-corrected chi connectivity index (χ0v) is 17.7. The molecular weight excluding hydrogens is 431 g/mol. The Kier molecular flexibility index (Phi) is 5.02. The van der Waals surface area contributed by atoms with Crippen molar-refractivity contribution in [2.75, 3.05) is 26.2 Å². The lowest BCUT2D eigenvalue weighted by atomic mass is 10.0. The van der Waals surface area contributed by atoms with Gasteiger partial charge in [0.2, 0.25) is 0 Å². The largest absolute Gasteiger partial charge is 0.335 e. The highest BCUT2D eigenvalue weighted by Crippen LogP contribution is 2.36. The molecule has 1 aliphatic carbocycles. The maximum Gasteiger partial charge on any atom is 0.255 e. The molecule has 0 aromatic heterocycles. The molecule has 2 amide bonds. The van der Waals surface area contributed by atoms with Gasteiger partial charge >= 0.3 is 0 Å². The minimum atomic E-state index is -0.502. The summed E-state index contributed by atoms with van der Waals surface area (Å²) in [7, 11) is 0. The Morgan fingerprint density at radius 1 is 0.750 bits per heavy atom. The van der Waals surface area contributed by atoms with E-state index in [1.807, 2.05) is 24.3 Å². The van der Waals surface area contributed by atoms with Crippen LogP contribution >= 0.6 is 11.6 Å². The fourth-order valence-electron chi connectivity index (χ4n) is 4.29. The third-order valence-corrected chi connectivity index (χ3v) is 6.30. The van der Waals surface area contributed by atoms with Crippen LogP contribution in [0, 0.1) is 5.82 Å². The maximum absolute atomic E-state index is 13.3. The van der Waals surface area contributed by atoms with Crippen molar-refractivity contribution >= 4 is 29.2 Å². The van der Waals surface area contributed by atoms with E-state index in [4.69, 9.17) is 11.6 Å². The van der Waals surface area contributed by atoms with E-state index in [0.29, 0.717) is 42.9 Å². The highest BCUT2D eigenvalue weighted by atomic mass is 35.5. The molecule has 3 aromatic carbocycles. The van der Waals surface area contributed by atoms with Crippen molar-refractivity contribution < 1.29 is 18.8 Å². The van der Waals surface area contributed by atoms with Crippen molar-refractivity contribution in [3.8, 4) is 11.1 Å². The number of ketones is 1. The normalized spacial score (nSPS) is 14.9. The van der Waals surface area contributed by atoms with Crippen LogP contribution in [-0.4, -0.2) is 53.6 Å². The summed E-state index contributed by atoms with van der Waals surface area (Å²) >= 11 is 6.01. The molecule has 7 heteroatoms.